The fourth-order valence-electron chi connectivity index (χ4n) is 1.60. The molecule has 1 heterocycles. The Morgan fingerprint density at radius 3 is 2.90 bits per heavy atom. The van der Waals surface area contributed by atoms with Crippen molar-refractivity contribution in [1.29, 1.82) is 0 Å². The van der Waals surface area contributed by atoms with Gasteiger partial charge in [-0.2, -0.15) is 0 Å². The maximum absolute atomic E-state index is 12.2. The van der Waals surface area contributed by atoms with E-state index in [0.717, 1.165) is 5.56 Å². The van der Waals surface area contributed by atoms with Crippen LogP contribution >= 0.6 is 23.4 Å². The van der Waals surface area contributed by atoms with Crippen molar-refractivity contribution in [3.63, 3.8) is 0 Å². The van der Waals surface area contributed by atoms with Crippen molar-refractivity contribution >= 4 is 35.0 Å². The smallest absolute Gasteiger partial charge is 0.251 e. The SMILES string of the molecule is Cc1ccc(Cl)cc1NC(=O)[C@H](C)Sc1nccc(=O)[nH]1. The molecule has 2 rings (SSSR count). The Kier molecular flexibility index (Phi) is 5.03. The van der Waals surface area contributed by atoms with Gasteiger partial charge in [0.1, 0.15) is 0 Å². The van der Waals surface area contributed by atoms with Gasteiger partial charge < -0.3 is 10.3 Å². The number of aryl methyl sites for hydroxylation is 1. The molecule has 110 valence electrons. The molecule has 7 heteroatoms. The number of hydrogen-bond donors (Lipinski definition) is 2. The van der Waals surface area contributed by atoms with Crippen LogP contribution in [0.1, 0.15) is 12.5 Å². The van der Waals surface area contributed by atoms with Crippen LogP contribution < -0.4 is 10.9 Å². The van der Waals surface area contributed by atoms with E-state index in [2.05, 4.69) is 15.3 Å². The van der Waals surface area contributed by atoms with Gasteiger partial charge in [-0.3, -0.25) is 9.59 Å². The monoisotopic (exact) mass is 323 g/mol. The zero-order chi connectivity index (χ0) is 15.4. The number of amides is 1. The molecule has 0 saturated carbocycles. The van der Waals surface area contributed by atoms with Crippen molar-refractivity contribution in [3.8, 4) is 0 Å². The standard InChI is InChI=1S/C14H14ClN3O2S/c1-8-3-4-10(15)7-11(8)17-13(20)9(2)21-14-16-6-5-12(19)18-14/h3-7,9H,1-2H3,(H,17,20)(H,16,18,19)/t9-/m0/s1. The number of rotatable bonds is 4. The van der Waals surface area contributed by atoms with E-state index in [1.165, 1.54) is 24.0 Å². The second-order valence-electron chi connectivity index (χ2n) is 4.45. The highest BCUT2D eigenvalue weighted by Crippen LogP contribution is 2.23. The van der Waals surface area contributed by atoms with Gasteiger partial charge in [0.05, 0.1) is 5.25 Å². The Bertz CT molecular complexity index is 717. The minimum absolute atomic E-state index is 0.183. The lowest BCUT2D eigenvalue weighted by Gasteiger charge is -2.13. The van der Waals surface area contributed by atoms with E-state index < -0.39 is 5.25 Å². The molecule has 1 aromatic heterocycles. The molecule has 0 aliphatic carbocycles. The molecule has 0 bridgehead atoms. The van der Waals surface area contributed by atoms with Crippen LogP contribution in [0.4, 0.5) is 5.69 Å². The molecule has 0 spiro atoms. The highest BCUT2D eigenvalue weighted by Gasteiger charge is 2.16. The third kappa shape index (κ3) is 4.34. The van der Waals surface area contributed by atoms with Crippen molar-refractivity contribution in [3.05, 3.63) is 51.4 Å². The minimum Gasteiger partial charge on any atom is -0.325 e. The topological polar surface area (TPSA) is 74.8 Å². The average Bonchev–Trinajstić information content (AvgIpc) is 2.43. The maximum Gasteiger partial charge on any atom is 0.251 e. The number of H-pyrrole nitrogens is 1. The Labute approximate surface area is 131 Å². The van der Waals surface area contributed by atoms with Crippen molar-refractivity contribution in [2.45, 2.75) is 24.3 Å². The van der Waals surface area contributed by atoms with Crippen LogP contribution in [0.15, 0.2) is 40.4 Å². The summed E-state index contributed by atoms with van der Waals surface area (Å²) in [5, 5.41) is 3.38. The van der Waals surface area contributed by atoms with E-state index in [0.29, 0.717) is 15.9 Å². The lowest BCUT2D eigenvalue weighted by Crippen LogP contribution is -2.23. The van der Waals surface area contributed by atoms with E-state index in [1.54, 1.807) is 19.1 Å². The molecule has 0 aliphatic heterocycles. The van der Waals surface area contributed by atoms with Crippen LogP contribution in [0.2, 0.25) is 5.02 Å². The van der Waals surface area contributed by atoms with Gasteiger partial charge in [-0.05, 0) is 31.5 Å². The quantitative estimate of drug-likeness (QED) is 0.670. The van der Waals surface area contributed by atoms with Gasteiger partial charge in [0.15, 0.2) is 5.16 Å². The second-order valence-corrected chi connectivity index (χ2v) is 6.21. The first-order valence-corrected chi connectivity index (χ1v) is 7.50. The summed E-state index contributed by atoms with van der Waals surface area (Å²) < 4.78 is 0. The minimum atomic E-state index is -0.408. The Morgan fingerprint density at radius 1 is 1.43 bits per heavy atom. The number of hydrogen-bond acceptors (Lipinski definition) is 4. The molecule has 21 heavy (non-hydrogen) atoms. The van der Waals surface area contributed by atoms with Gasteiger partial charge in [0.25, 0.3) is 5.56 Å². The molecule has 2 aromatic rings. The molecule has 1 aromatic carbocycles. The van der Waals surface area contributed by atoms with E-state index in [9.17, 15) is 9.59 Å². The second kappa shape index (κ2) is 6.78. The number of thioether (sulfide) groups is 1. The summed E-state index contributed by atoms with van der Waals surface area (Å²) in [5.41, 5.74) is 1.36. The van der Waals surface area contributed by atoms with Gasteiger partial charge >= 0.3 is 0 Å². The summed E-state index contributed by atoms with van der Waals surface area (Å²) in [4.78, 5) is 29.9. The lowest BCUT2D eigenvalue weighted by atomic mass is 10.2. The normalized spacial score (nSPS) is 12.0. The van der Waals surface area contributed by atoms with Crippen molar-refractivity contribution < 1.29 is 4.79 Å². The molecule has 1 amide bonds. The van der Waals surface area contributed by atoms with Gasteiger partial charge in [0.2, 0.25) is 5.91 Å². The number of halogens is 1. The zero-order valence-corrected chi connectivity index (χ0v) is 13.1. The molecule has 2 N–H and O–H groups in total. The highest BCUT2D eigenvalue weighted by molar-refractivity contribution is 8.00. The van der Waals surface area contributed by atoms with Gasteiger partial charge in [-0.25, -0.2) is 4.98 Å². The number of nitrogens with zero attached hydrogens (tertiary/aromatic N) is 1. The van der Waals surface area contributed by atoms with Gasteiger partial charge in [0, 0.05) is 23.0 Å². The molecule has 0 unspecified atom stereocenters. The van der Waals surface area contributed by atoms with Gasteiger partial charge in [-0.1, -0.05) is 29.4 Å². The Balaban J connectivity index is 2.06. The van der Waals surface area contributed by atoms with Crippen molar-refractivity contribution in [1.82, 2.24) is 9.97 Å². The fraction of sp³-hybridized carbons (Fsp3) is 0.214. The largest absolute Gasteiger partial charge is 0.325 e. The van der Waals surface area contributed by atoms with Crippen LogP contribution in [-0.4, -0.2) is 21.1 Å². The van der Waals surface area contributed by atoms with Crippen LogP contribution in [0.5, 0.6) is 0 Å². The van der Waals surface area contributed by atoms with Crippen LogP contribution in [-0.2, 0) is 4.79 Å². The molecule has 0 fully saturated rings. The first-order chi connectivity index (χ1) is 9.95. The fourth-order valence-corrected chi connectivity index (χ4v) is 2.55. The van der Waals surface area contributed by atoms with E-state index in [1.807, 2.05) is 13.0 Å². The summed E-state index contributed by atoms with van der Waals surface area (Å²) in [6.07, 6.45) is 1.41. The number of anilines is 1. The number of carbonyl (C=O) groups is 1. The number of aromatic amines is 1. The Hall–Kier alpha value is -1.79. The molecular formula is C14H14ClN3O2S. The number of aromatic nitrogens is 2. The van der Waals surface area contributed by atoms with E-state index >= 15 is 0 Å². The lowest BCUT2D eigenvalue weighted by molar-refractivity contribution is -0.115. The summed E-state index contributed by atoms with van der Waals surface area (Å²) in [6.45, 7) is 3.63. The first kappa shape index (κ1) is 15.6. The number of carbonyl (C=O) groups excluding carboxylic acids is 1. The third-order valence-corrected chi connectivity index (χ3v) is 4.00. The molecule has 0 radical (unpaired) electrons. The summed E-state index contributed by atoms with van der Waals surface area (Å²) in [6, 6.07) is 6.63. The Morgan fingerprint density at radius 2 is 2.19 bits per heavy atom. The predicted molar refractivity (Wildman–Crippen MR) is 85.0 cm³/mol. The van der Waals surface area contributed by atoms with Crippen LogP contribution in [0, 0.1) is 6.92 Å². The van der Waals surface area contributed by atoms with E-state index in [4.69, 9.17) is 11.6 Å². The molecular weight excluding hydrogens is 310 g/mol. The summed E-state index contributed by atoms with van der Waals surface area (Å²) in [7, 11) is 0. The summed E-state index contributed by atoms with van der Waals surface area (Å²) >= 11 is 7.10. The molecule has 5 nitrogen and oxygen atoms in total. The molecule has 0 aliphatic rings. The number of nitrogens with one attached hydrogen (secondary N) is 2. The van der Waals surface area contributed by atoms with Crippen molar-refractivity contribution in [2.24, 2.45) is 0 Å². The maximum atomic E-state index is 12.2. The van der Waals surface area contributed by atoms with Gasteiger partial charge in [-0.15, -0.1) is 0 Å². The molecule has 1 atom stereocenters. The third-order valence-electron chi connectivity index (χ3n) is 2.76. The zero-order valence-electron chi connectivity index (χ0n) is 11.5. The van der Waals surface area contributed by atoms with Crippen LogP contribution in [0.25, 0.3) is 0 Å². The summed E-state index contributed by atoms with van der Waals surface area (Å²) in [5.74, 6) is -0.183. The highest BCUT2D eigenvalue weighted by atomic mass is 35.5. The first-order valence-electron chi connectivity index (χ1n) is 6.24. The number of benzene rings is 1. The molecule has 0 saturated heterocycles. The average molecular weight is 324 g/mol. The van der Waals surface area contributed by atoms with Crippen molar-refractivity contribution in [2.75, 3.05) is 5.32 Å². The van der Waals surface area contributed by atoms with Crippen LogP contribution in [0.3, 0.4) is 0 Å². The van der Waals surface area contributed by atoms with E-state index in [-0.39, 0.29) is 11.5 Å². The predicted octanol–water partition coefficient (Wildman–Crippen LogP) is 2.85.